The van der Waals surface area contributed by atoms with Gasteiger partial charge in [0.2, 0.25) is 0 Å². The molecule has 0 amide bonds. The van der Waals surface area contributed by atoms with Crippen molar-refractivity contribution >= 4 is 5.97 Å². The lowest BCUT2D eigenvalue weighted by Gasteiger charge is -2.16. The second-order valence-corrected chi connectivity index (χ2v) is 4.64. The molecule has 0 aliphatic heterocycles. The zero-order valence-corrected chi connectivity index (χ0v) is 10.2. The summed E-state index contributed by atoms with van der Waals surface area (Å²) in [4.78, 5) is 20.7. The fourth-order valence-electron chi connectivity index (χ4n) is 1.01. The van der Waals surface area contributed by atoms with Gasteiger partial charge in [0.25, 0.3) is 0 Å². The first-order valence-corrected chi connectivity index (χ1v) is 5.17. The van der Waals surface area contributed by atoms with Gasteiger partial charge in [0, 0.05) is 0 Å². The molecule has 1 aromatic rings. The SMILES string of the molecule is CC(C)(C)OOC(=O)c1ccc(C(F)(F)F)cc1. The van der Waals surface area contributed by atoms with E-state index in [0.29, 0.717) is 0 Å². The van der Waals surface area contributed by atoms with E-state index in [1.165, 1.54) is 0 Å². The molecule has 1 rings (SSSR count). The molecule has 0 aromatic heterocycles. The lowest BCUT2D eigenvalue weighted by atomic mass is 10.1. The Hall–Kier alpha value is -1.56. The van der Waals surface area contributed by atoms with Gasteiger partial charge in [0.05, 0.1) is 11.1 Å². The molecule has 0 aliphatic rings. The minimum atomic E-state index is -4.43. The van der Waals surface area contributed by atoms with Crippen molar-refractivity contribution in [2.24, 2.45) is 0 Å². The summed E-state index contributed by atoms with van der Waals surface area (Å²) in [5, 5.41) is 0. The highest BCUT2D eigenvalue weighted by atomic mass is 19.4. The molecule has 0 saturated heterocycles. The molecule has 3 nitrogen and oxygen atoms in total. The third-order valence-corrected chi connectivity index (χ3v) is 1.82. The summed E-state index contributed by atoms with van der Waals surface area (Å²) < 4.78 is 36.9. The standard InChI is InChI=1S/C12H13F3O3/c1-11(2,3)18-17-10(16)8-4-6-9(7-5-8)12(13,14)15/h4-7H,1-3H3. The van der Waals surface area contributed by atoms with Gasteiger partial charge in [-0.3, -0.25) is 4.89 Å². The van der Waals surface area contributed by atoms with Crippen molar-refractivity contribution < 1.29 is 27.7 Å². The molecule has 0 saturated carbocycles. The van der Waals surface area contributed by atoms with Crippen molar-refractivity contribution in [1.29, 1.82) is 0 Å². The van der Waals surface area contributed by atoms with E-state index in [0.717, 1.165) is 24.3 Å². The van der Waals surface area contributed by atoms with Gasteiger partial charge < -0.3 is 0 Å². The summed E-state index contributed by atoms with van der Waals surface area (Å²) in [5.41, 5.74) is -1.51. The normalized spacial score (nSPS) is 12.3. The van der Waals surface area contributed by atoms with Gasteiger partial charge in [-0.25, -0.2) is 4.79 Å². The van der Waals surface area contributed by atoms with Crippen LogP contribution in [0, 0.1) is 0 Å². The molecule has 0 spiro atoms. The Balaban J connectivity index is 2.71. The van der Waals surface area contributed by atoms with Gasteiger partial charge in [-0.2, -0.15) is 18.1 Å². The van der Waals surface area contributed by atoms with Crippen LogP contribution >= 0.6 is 0 Å². The highest BCUT2D eigenvalue weighted by Crippen LogP contribution is 2.29. The highest BCUT2D eigenvalue weighted by molar-refractivity contribution is 5.88. The largest absolute Gasteiger partial charge is 0.416 e. The molecule has 1 aromatic carbocycles. The van der Waals surface area contributed by atoms with Crippen LogP contribution in [0.5, 0.6) is 0 Å². The molecule has 6 heteroatoms. The lowest BCUT2D eigenvalue weighted by Crippen LogP contribution is -2.22. The van der Waals surface area contributed by atoms with Gasteiger partial charge >= 0.3 is 12.1 Å². The molecule has 0 N–H and O–H groups in total. The molecular formula is C12H13F3O3. The van der Waals surface area contributed by atoms with E-state index < -0.39 is 23.3 Å². The van der Waals surface area contributed by atoms with Crippen LogP contribution in [0.4, 0.5) is 13.2 Å². The number of carbonyl (C=O) groups excluding carboxylic acids is 1. The first kappa shape index (κ1) is 14.5. The van der Waals surface area contributed by atoms with Crippen molar-refractivity contribution in [3.05, 3.63) is 35.4 Å². The van der Waals surface area contributed by atoms with Crippen molar-refractivity contribution in [2.75, 3.05) is 0 Å². The van der Waals surface area contributed by atoms with Crippen LogP contribution in [0.2, 0.25) is 0 Å². The summed E-state index contributed by atoms with van der Waals surface area (Å²) >= 11 is 0. The predicted molar refractivity (Wildman–Crippen MR) is 57.7 cm³/mol. The van der Waals surface area contributed by atoms with Crippen LogP contribution in [0.1, 0.15) is 36.7 Å². The number of alkyl halides is 3. The zero-order valence-electron chi connectivity index (χ0n) is 10.2. The first-order valence-electron chi connectivity index (χ1n) is 5.17. The van der Waals surface area contributed by atoms with E-state index in [1.807, 2.05) is 0 Å². The zero-order chi connectivity index (χ0) is 14.0. The van der Waals surface area contributed by atoms with Crippen molar-refractivity contribution in [1.82, 2.24) is 0 Å². The smallest absolute Gasteiger partial charge is 0.292 e. The number of rotatable bonds is 2. The van der Waals surface area contributed by atoms with Crippen molar-refractivity contribution in [3.63, 3.8) is 0 Å². The molecule has 0 unspecified atom stereocenters. The number of carbonyl (C=O) groups is 1. The summed E-state index contributed by atoms with van der Waals surface area (Å²) in [6.07, 6.45) is -4.43. The molecular weight excluding hydrogens is 249 g/mol. The molecule has 0 heterocycles. The summed E-state index contributed by atoms with van der Waals surface area (Å²) in [6.45, 7) is 5.02. The number of hydrogen-bond acceptors (Lipinski definition) is 3. The second-order valence-electron chi connectivity index (χ2n) is 4.64. The quantitative estimate of drug-likeness (QED) is 0.603. The number of benzene rings is 1. The fraction of sp³-hybridized carbons (Fsp3) is 0.417. The maximum atomic E-state index is 12.3. The van der Waals surface area contributed by atoms with E-state index in [-0.39, 0.29) is 5.56 Å². The average molecular weight is 262 g/mol. The van der Waals surface area contributed by atoms with E-state index >= 15 is 0 Å². The van der Waals surface area contributed by atoms with Gasteiger partial charge in [0.15, 0.2) is 0 Å². The lowest BCUT2D eigenvalue weighted by molar-refractivity contribution is -0.301. The van der Waals surface area contributed by atoms with Crippen LogP contribution in [0.25, 0.3) is 0 Å². The highest BCUT2D eigenvalue weighted by Gasteiger charge is 2.30. The van der Waals surface area contributed by atoms with Gasteiger partial charge in [0.1, 0.15) is 5.60 Å². The molecule has 0 fully saturated rings. The van der Waals surface area contributed by atoms with Crippen LogP contribution in [-0.2, 0) is 16.0 Å². The molecule has 0 atom stereocenters. The molecule has 0 bridgehead atoms. The number of hydrogen-bond donors (Lipinski definition) is 0. The Morgan fingerprint density at radius 3 is 1.94 bits per heavy atom. The van der Waals surface area contributed by atoms with Gasteiger partial charge in [-0.1, -0.05) is 0 Å². The van der Waals surface area contributed by atoms with E-state index in [1.54, 1.807) is 20.8 Å². The maximum Gasteiger partial charge on any atom is 0.416 e. The molecule has 0 radical (unpaired) electrons. The summed E-state index contributed by atoms with van der Waals surface area (Å²) in [5.74, 6) is -0.835. The van der Waals surface area contributed by atoms with Crippen molar-refractivity contribution in [2.45, 2.75) is 32.5 Å². The third-order valence-electron chi connectivity index (χ3n) is 1.82. The summed E-state index contributed by atoms with van der Waals surface area (Å²) in [6, 6.07) is 3.70. The van der Waals surface area contributed by atoms with Gasteiger partial charge in [-0.05, 0) is 45.0 Å². The predicted octanol–water partition coefficient (Wildman–Crippen LogP) is 3.59. The van der Waals surface area contributed by atoms with E-state index in [9.17, 15) is 18.0 Å². The Morgan fingerprint density at radius 1 is 1.06 bits per heavy atom. The van der Waals surface area contributed by atoms with E-state index in [4.69, 9.17) is 4.89 Å². The Kier molecular flexibility index (Phi) is 4.01. The van der Waals surface area contributed by atoms with Crippen LogP contribution in [0.3, 0.4) is 0 Å². The van der Waals surface area contributed by atoms with Crippen LogP contribution < -0.4 is 0 Å². The Morgan fingerprint density at radius 2 is 1.56 bits per heavy atom. The van der Waals surface area contributed by atoms with Crippen molar-refractivity contribution in [3.8, 4) is 0 Å². The third kappa shape index (κ3) is 4.37. The Bertz CT molecular complexity index is 416. The molecule has 18 heavy (non-hydrogen) atoms. The minimum absolute atomic E-state index is 0.00718. The molecule has 0 aliphatic carbocycles. The Labute approximate surface area is 102 Å². The fourth-order valence-corrected chi connectivity index (χ4v) is 1.01. The maximum absolute atomic E-state index is 12.3. The number of halogens is 3. The van der Waals surface area contributed by atoms with Gasteiger partial charge in [-0.15, -0.1) is 0 Å². The second kappa shape index (κ2) is 4.97. The monoisotopic (exact) mass is 262 g/mol. The minimum Gasteiger partial charge on any atom is -0.292 e. The average Bonchev–Trinajstić information content (AvgIpc) is 2.24. The van der Waals surface area contributed by atoms with E-state index in [2.05, 4.69) is 4.89 Å². The first-order chi connectivity index (χ1) is 8.09. The van der Waals surface area contributed by atoms with Crippen LogP contribution in [-0.4, -0.2) is 11.6 Å². The topological polar surface area (TPSA) is 35.5 Å². The van der Waals surface area contributed by atoms with Crippen LogP contribution in [0.15, 0.2) is 24.3 Å². The summed E-state index contributed by atoms with van der Waals surface area (Å²) in [7, 11) is 0. The molecule has 100 valence electrons.